The monoisotopic (exact) mass is 202 g/mol. The lowest BCUT2D eigenvalue weighted by molar-refractivity contribution is 0.810. The normalized spacial score (nSPS) is 11.6. The number of aromatic amines is 1. The number of imidazole rings is 1. The van der Waals surface area contributed by atoms with Crippen LogP contribution in [0, 0.1) is 6.92 Å². The smallest absolute Gasteiger partial charge is 0.185 e. The molecule has 0 unspecified atom stereocenters. The number of aryl methyl sites for hydroxylation is 2. The van der Waals surface area contributed by atoms with Crippen molar-refractivity contribution in [2.45, 2.75) is 20.3 Å². The third kappa shape index (κ3) is 1.04. The zero-order valence-electron chi connectivity index (χ0n) is 8.52. The van der Waals surface area contributed by atoms with Crippen LogP contribution in [-0.4, -0.2) is 29.5 Å². The van der Waals surface area contributed by atoms with Crippen LogP contribution in [0.1, 0.15) is 18.6 Å². The summed E-state index contributed by atoms with van der Waals surface area (Å²) in [5.74, 6) is 1.62. The largest absolute Gasteiger partial charge is 0.340 e. The summed E-state index contributed by atoms with van der Waals surface area (Å²) in [6, 6.07) is 0. The van der Waals surface area contributed by atoms with Crippen molar-refractivity contribution in [2.75, 3.05) is 0 Å². The standard InChI is InChI=1S/C9H10N6/c1-3-6-13-8-7(10-4-11-8)9-12-5(2)14-15(6)9/h4H,3H2,1-2H3,(H,10,11). The van der Waals surface area contributed by atoms with Crippen LogP contribution < -0.4 is 0 Å². The summed E-state index contributed by atoms with van der Waals surface area (Å²) in [5.41, 5.74) is 2.34. The molecule has 15 heavy (non-hydrogen) atoms. The van der Waals surface area contributed by atoms with Crippen LogP contribution in [0.25, 0.3) is 16.8 Å². The number of rotatable bonds is 1. The molecule has 3 rings (SSSR count). The first kappa shape index (κ1) is 8.34. The van der Waals surface area contributed by atoms with Crippen molar-refractivity contribution >= 4 is 16.8 Å². The maximum atomic E-state index is 4.41. The van der Waals surface area contributed by atoms with E-state index in [1.54, 1.807) is 10.8 Å². The number of nitrogens with one attached hydrogen (secondary N) is 1. The molecule has 6 heteroatoms. The molecule has 0 fully saturated rings. The second kappa shape index (κ2) is 2.75. The lowest BCUT2D eigenvalue weighted by atomic mass is 10.4. The Morgan fingerprint density at radius 1 is 1.40 bits per heavy atom. The third-order valence-corrected chi connectivity index (χ3v) is 2.35. The molecule has 6 nitrogen and oxygen atoms in total. The Balaban J connectivity index is 2.57. The fourth-order valence-electron chi connectivity index (χ4n) is 1.69. The molecule has 76 valence electrons. The Hall–Kier alpha value is -1.98. The molecular formula is C9H10N6. The van der Waals surface area contributed by atoms with Crippen molar-refractivity contribution in [3.05, 3.63) is 18.0 Å². The SMILES string of the molecule is CCc1nc2nc[nH]c2c2nc(C)nn12. The van der Waals surface area contributed by atoms with Crippen molar-refractivity contribution in [1.82, 2.24) is 29.5 Å². The van der Waals surface area contributed by atoms with E-state index in [0.29, 0.717) is 5.65 Å². The number of fused-ring (bicyclic) bond motifs is 3. The van der Waals surface area contributed by atoms with E-state index in [1.807, 2.05) is 13.8 Å². The number of hydrogen-bond acceptors (Lipinski definition) is 4. The number of nitrogens with zero attached hydrogens (tertiary/aromatic N) is 5. The summed E-state index contributed by atoms with van der Waals surface area (Å²) in [7, 11) is 0. The first-order valence-electron chi connectivity index (χ1n) is 4.85. The molecule has 0 saturated heterocycles. The predicted molar refractivity (Wildman–Crippen MR) is 54.5 cm³/mol. The average Bonchev–Trinajstić information content (AvgIpc) is 2.80. The van der Waals surface area contributed by atoms with Crippen molar-refractivity contribution in [3.8, 4) is 0 Å². The van der Waals surface area contributed by atoms with E-state index < -0.39 is 0 Å². The van der Waals surface area contributed by atoms with Gasteiger partial charge in [-0.05, 0) is 6.92 Å². The fraction of sp³-hybridized carbons (Fsp3) is 0.333. The highest BCUT2D eigenvalue weighted by Crippen LogP contribution is 2.14. The minimum atomic E-state index is 0.701. The van der Waals surface area contributed by atoms with E-state index >= 15 is 0 Å². The summed E-state index contributed by atoms with van der Waals surface area (Å²) >= 11 is 0. The van der Waals surface area contributed by atoms with Crippen LogP contribution >= 0.6 is 0 Å². The van der Waals surface area contributed by atoms with Gasteiger partial charge in [0.15, 0.2) is 11.3 Å². The first-order valence-corrected chi connectivity index (χ1v) is 4.85. The number of hydrogen-bond donors (Lipinski definition) is 1. The van der Waals surface area contributed by atoms with Crippen molar-refractivity contribution in [2.24, 2.45) is 0 Å². The Morgan fingerprint density at radius 3 is 3.07 bits per heavy atom. The molecule has 3 aromatic heterocycles. The first-order chi connectivity index (χ1) is 7.29. The summed E-state index contributed by atoms with van der Waals surface area (Å²) in [4.78, 5) is 15.9. The maximum absolute atomic E-state index is 4.41. The van der Waals surface area contributed by atoms with E-state index in [4.69, 9.17) is 0 Å². The minimum Gasteiger partial charge on any atom is -0.340 e. The number of H-pyrrole nitrogens is 1. The molecule has 0 amide bonds. The molecule has 1 N–H and O–H groups in total. The molecule has 0 bridgehead atoms. The Labute approximate surface area is 85.4 Å². The van der Waals surface area contributed by atoms with Crippen molar-refractivity contribution < 1.29 is 0 Å². The highest BCUT2D eigenvalue weighted by molar-refractivity contribution is 5.84. The summed E-state index contributed by atoms with van der Waals surface area (Å²) < 4.78 is 1.77. The van der Waals surface area contributed by atoms with Crippen LogP contribution in [0.15, 0.2) is 6.33 Å². The summed E-state index contributed by atoms with van der Waals surface area (Å²) in [5, 5.41) is 4.31. The van der Waals surface area contributed by atoms with Crippen LogP contribution in [0.4, 0.5) is 0 Å². The zero-order valence-corrected chi connectivity index (χ0v) is 8.52. The topological polar surface area (TPSA) is 71.8 Å². The molecular weight excluding hydrogens is 192 g/mol. The van der Waals surface area contributed by atoms with Gasteiger partial charge in [-0.3, -0.25) is 0 Å². The lowest BCUT2D eigenvalue weighted by Gasteiger charge is -1.99. The Kier molecular flexibility index (Phi) is 1.53. The molecule has 3 aromatic rings. The second-order valence-corrected chi connectivity index (χ2v) is 3.38. The highest BCUT2D eigenvalue weighted by atomic mass is 15.3. The van der Waals surface area contributed by atoms with Gasteiger partial charge in [0.2, 0.25) is 0 Å². The van der Waals surface area contributed by atoms with Gasteiger partial charge >= 0.3 is 0 Å². The van der Waals surface area contributed by atoms with E-state index in [2.05, 4.69) is 25.0 Å². The van der Waals surface area contributed by atoms with Gasteiger partial charge in [-0.2, -0.15) is 4.52 Å². The molecule has 0 aliphatic carbocycles. The zero-order chi connectivity index (χ0) is 10.4. The van der Waals surface area contributed by atoms with Crippen molar-refractivity contribution in [3.63, 3.8) is 0 Å². The van der Waals surface area contributed by atoms with E-state index in [0.717, 1.165) is 29.2 Å². The summed E-state index contributed by atoms with van der Waals surface area (Å²) in [6.45, 7) is 3.91. The second-order valence-electron chi connectivity index (χ2n) is 3.38. The Morgan fingerprint density at radius 2 is 2.27 bits per heavy atom. The van der Waals surface area contributed by atoms with Crippen molar-refractivity contribution in [1.29, 1.82) is 0 Å². The van der Waals surface area contributed by atoms with Gasteiger partial charge in [-0.1, -0.05) is 6.92 Å². The quantitative estimate of drug-likeness (QED) is 0.635. The van der Waals surface area contributed by atoms with Gasteiger partial charge in [0.1, 0.15) is 17.2 Å². The third-order valence-electron chi connectivity index (χ3n) is 2.35. The van der Waals surface area contributed by atoms with E-state index in [-0.39, 0.29) is 0 Å². The van der Waals surface area contributed by atoms with Gasteiger partial charge in [0.05, 0.1) is 6.33 Å². The van der Waals surface area contributed by atoms with Gasteiger partial charge in [-0.25, -0.2) is 15.0 Å². The van der Waals surface area contributed by atoms with E-state index in [1.165, 1.54) is 0 Å². The van der Waals surface area contributed by atoms with Gasteiger partial charge in [0.25, 0.3) is 0 Å². The summed E-state index contributed by atoms with van der Waals surface area (Å²) in [6.07, 6.45) is 2.43. The molecule has 0 spiro atoms. The molecule has 0 aliphatic rings. The van der Waals surface area contributed by atoms with Crippen LogP contribution in [-0.2, 0) is 6.42 Å². The molecule has 0 atom stereocenters. The molecule has 3 heterocycles. The maximum Gasteiger partial charge on any atom is 0.185 e. The molecule has 0 saturated carbocycles. The highest BCUT2D eigenvalue weighted by Gasteiger charge is 2.11. The molecule has 0 aliphatic heterocycles. The van der Waals surface area contributed by atoms with Gasteiger partial charge < -0.3 is 4.98 Å². The van der Waals surface area contributed by atoms with Crippen LogP contribution in [0.3, 0.4) is 0 Å². The average molecular weight is 202 g/mol. The molecule has 0 radical (unpaired) electrons. The predicted octanol–water partition coefficient (Wildman–Crippen LogP) is 0.871. The Bertz CT molecular complexity index is 634. The fourth-order valence-corrected chi connectivity index (χ4v) is 1.69. The van der Waals surface area contributed by atoms with Gasteiger partial charge in [0, 0.05) is 6.42 Å². The van der Waals surface area contributed by atoms with Gasteiger partial charge in [-0.15, -0.1) is 5.10 Å². The van der Waals surface area contributed by atoms with Crippen LogP contribution in [0.5, 0.6) is 0 Å². The van der Waals surface area contributed by atoms with E-state index in [9.17, 15) is 0 Å². The molecule has 0 aromatic carbocycles. The lowest BCUT2D eigenvalue weighted by Crippen LogP contribution is -2.01. The minimum absolute atomic E-state index is 0.701. The van der Waals surface area contributed by atoms with Crippen LogP contribution in [0.2, 0.25) is 0 Å². The number of aromatic nitrogens is 6.